The molecule has 0 aromatic heterocycles. The highest BCUT2D eigenvalue weighted by atomic mass is 16.5. The summed E-state index contributed by atoms with van der Waals surface area (Å²) in [5, 5.41) is 0. The second kappa shape index (κ2) is 7.26. The maximum Gasteiger partial charge on any atom is 0.303 e. The Balaban J connectivity index is 3.18. The molecule has 0 aliphatic heterocycles. The summed E-state index contributed by atoms with van der Waals surface area (Å²) in [5.41, 5.74) is 0.686. The molecule has 1 aromatic rings. The van der Waals surface area contributed by atoms with Crippen molar-refractivity contribution >= 4 is 5.97 Å². The number of hydrogen-bond donors (Lipinski definition) is 0. The van der Waals surface area contributed by atoms with Crippen molar-refractivity contribution in [1.29, 1.82) is 0 Å². The molecule has 0 saturated carbocycles. The van der Waals surface area contributed by atoms with Crippen molar-refractivity contribution in [3.63, 3.8) is 0 Å². The van der Waals surface area contributed by atoms with Crippen molar-refractivity contribution in [2.45, 2.75) is 13.0 Å². The van der Waals surface area contributed by atoms with Crippen molar-refractivity contribution in [3.05, 3.63) is 49.1 Å². The molecule has 0 aliphatic rings. The molecule has 0 aliphatic carbocycles. The summed E-state index contributed by atoms with van der Waals surface area (Å²) in [6, 6.07) is 5.38. The van der Waals surface area contributed by atoms with E-state index in [0.29, 0.717) is 23.7 Å². The lowest BCUT2D eigenvalue weighted by Gasteiger charge is -2.19. The average molecular weight is 262 g/mol. The minimum Gasteiger partial charge on any atom is -0.493 e. The van der Waals surface area contributed by atoms with Gasteiger partial charge in [-0.3, -0.25) is 4.79 Å². The third-order valence-electron chi connectivity index (χ3n) is 2.39. The molecule has 0 radical (unpaired) electrons. The van der Waals surface area contributed by atoms with E-state index < -0.39 is 6.10 Å². The first-order valence-corrected chi connectivity index (χ1v) is 5.84. The van der Waals surface area contributed by atoms with E-state index in [1.54, 1.807) is 31.4 Å². The molecule has 0 bridgehead atoms. The topological polar surface area (TPSA) is 44.8 Å². The Labute approximate surface area is 113 Å². The maximum atomic E-state index is 11.1. The van der Waals surface area contributed by atoms with Crippen molar-refractivity contribution < 1.29 is 19.0 Å². The third-order valence-corrected chi connectivity index (χ3v) is 2.39. The Morgan fingerprint density at radius 2 is 2.16 bits per heavy atom. The third kappa shape index (κ3) is 3.88. The van der Waals surface area contributed by atoms with E-state index in [0.717, 1.165) is 0 Å². The minimum absolute atomic E-state index is 0.331. The quantitative estimate of drug-likeness (QED) is 0.559. The molecular formula is C15H18O4. The van der Waals surface area contributed by atoms with Crippen LogP contribution in [-0.2, 0) is 9.53 Å². The fourth-order valence-electron chi connectivity index (χ4n) is 1.63. The molecule has 1 unspecified atom stereocenters. The van der Waals surface area contributed by atoms with E-state index in [1.807, 2.05) is 0 Å². The van der Waals surface area contributed by atoms with E-state index in [9.17, 15) is 4.79 Å². The summed E-state index contributed by atoms with van der Waals surface area (Å²) in [4.78, 5) is 11.1. The van der Waals surface area contributed by atoms with Crippen LogP contribution in [0.2, 0.25) is 0 Å². The molecule has 0 heterocycles. The van der Waals surface area contributed by atoms with Gasteiger partial charge in [0.2, 0.25) is 0 Å². The van der Waals surface area contributed by atoms with Gasteiger partial charge in [-0.15, -0.1) is 0 Å². The van der Waals surface area contributed by atoms with Crippen LogP contribution in [-0.4, -0.2) is 19.7 Å². The lowest BCUT2D eigenvalue weighted by Crippen LogP contribution is -2.09. The predicted molar refractivity (Wildman–Crippen MR) is 73.4 cm³/mol. The molecule has 4 nitrogen and oxygen atoms in total. The van der Waals surface area contributed by atoms with Crippen molar-refractivity contribution in [3.8, 4) is 11.5 Å². The van der Waals surface area contributed by atoms with Crippen LogP contribution in [0, 0.1) is 0 Å². The molecule has 0 N–H and O–H groups in total. The van der Waals surface area contributed by atoms with Crippen LogP contribution in [0.15, 0.2) is 43.5 Å². The predicted octanol–water partition coefficient (Wildman–Crippen LogP) is 3.05. The first kappa shape index (κ1) is 14.8. The molecule has 0 saturated heterocycles. The largest absolute Gasteiger partial charge is 0.493 e. The van der Waals surface area contributed by atoms with Gasteiger partial charge < -0.3 is 14.2 Å². The molecule has 1 rings (SSSR count). The van der Waals surface area contributed by atoms with Gasteiger partial charge in [0.25, 0.3) is 0 Å². The lowest BCUT2D eigenvalue weighted by atomic mass is 10.1. The second-order valence-corrected chi connectivity index (χ2v) is 3.74. The molecule has 1 aromatic carbocycles. The van der Waals surface area contributed by atoms with Crippen LogP contribution in [0.1, 0.15) is 18.6 Å². The van der Waals surface area contributed by atoms with E-state index in [4.69, 9.17) is 14.2 Å². The van der Waals surface area contributed by atoms with E-state index >= 15 is 0 Å². The standard InChI is InChI=1S/C15H18O4/c1-5-10-18-15-12(8-7-9-14(15)17-4)13(6-2)19-11(3)16/h5-9,13H,1-2,10H2,3-4H3. The first-order valence-electron chi connectivity index (χ1n) is 5.84. The van der Waals surface area contributed by atoms with Crippen LogP contribution in [0.5, 0.6) is 11.5 Å². The van der Waals surface area contributed by atoms with Gasteiger partial charge in [0.05, 0.1) is 7.11 Å². The van der Waals surface area contributed by atoms with Crippen LogP contribution in [0.4, 0.5) is 0 Å². The Hall–Kier alpha value is -2.23. The molecule has 0 spiro atoms. The van der Waals surface area contributed by atoms with Gasteiger partial charge in [-0.25, -0.2) is 0 Å². The average Bonchev–Trinajstić information content (AvgIpc) is 2.41. The number of benzene rings is 1. The number of rotatable bonds is 7. The summed E-state index contributed by atoms with van der Waals surface area (Å²) < 4.78 is 16.0. The van der Waals surface area contributed by atoms with E-state index in [1.165, 1.54) is 13.0 Å². The number of esters is 1. The molecule has 0 fully saturated rings. The number of methoxy groups -OCH3 is 1. The Morgan fingerprint density at radius 3 is 2.68 bits per heavy atom. The zero-order chi connectivity index (χ0) is 14.3. The summed E-state index contributed by atoms with van der Waals surface area (Å²) >= 11 is 0. The zero-order valence-electron chi connectivity index (χ0n) is 11.2. The normalized spacial score (nSPS) is 11.3. The first-order chi connectivity index (χ1) is 9.13. The fraction of sp³-hybridized carbons (Fsp3) is 0.267. The summed E-state index contributed by atoms with van der Waals surface area (Å²) in [6.45, 7) is 8.96. The second-order valence-electron chi connectivity index (χ2n) is 3.74. The minimum atomic E-state index is -0.576. The van der Waals surface area contributed by atoms with Crippen LogP contribution < -0.4 is 9.47 Å². The number of para-hydroxylation sites is 1. The molecule has 1 atom stereocenters. The monoisotopic (exact) mass is 262 g/mol. The Morgan fingerprint density at radius 1 is 1.42 bits per heavy atom. The van der Waals surface area contributed by atoms with Crippen LogP contribution >= 0.6 is 0 Å². The summed E-state index contributed by atoms with van der Waals surface area (Å²) in [5.74, 6) is 0.705. The summed E-state index contributed by atoms with van der Waals surface area (Å²) in [7, 11) is 1.55. The number of carbonyl (C=O) groups excluding carboxylic acids is 1. The van der Waals surface area contributed by atoms with Gasteiger partial charge in [-0.1, -0.05) is 31.4 Å². The lowest BCUT2D eigenvalue weighted by molar-refractivity contribution is -0.144. The SMILES string of the molecule is C=CCOc1c(OC)cccc1C(C=C)OC(C)=O. The Kier molecular flexibility index (Phi) is 5.67. The number of hydrogen-bond acceptors (Lipinski definition) is 4. The van der Waals surface area contributed by atoms with Crippen molar-refractivity contribution in [2.75, 3.05) is 13.7 Å². The fourth-order valence-corrected chi connectivity index (χ4v) is 1.63. The highest BCUT2D eigenvalue weighted by Crippen LogP contribution is 2.36. The van der Waals surface area contributed by atoms with Gasteiger partial charge in [-0.05, 0) is 12.1 Å². The van der Waals surface area contributed by atoms with Gasteiger partial charge in [0, 0.05) is 12.5 Å². The molecule has 4 heteroatoms. The smallest absolute Gasteiger partial charge is 0.303 e. The zero-order valence-corrected chi connectivity index (χ0v) is 11.2. The number of ether oxygens (including phenoxy) is 3. The molecular weight excluding hydrogens is 244 g/mol. The van der Waals surface area contributed by atoms with Gasteiger partial charge in [0.1, 0.15) is 12.7 Å². The van der Waals surface area contributed by atoms with Crippen molar-refractivity contribution in [1.82, 2.24) is 0 Å². The van der Waals surface area contributed by atoms with E-state index in [-0.39, 0.29) is 5.97 Å². The van der Waals surface area contributed by atoms with Gasteiger partial charge >= 0.3 is 5.97 Å². The highest BCUT2D eigenvalue weighted by molar-refractivity contribution is 5.67. The van der Waals surface area contributed by atoms with E-state index in [2.05, 4.69) is 13.2 Å². The van der Waals surface area contributed by atoms with Crippen molar-refractivity contribution in [2.24, 2.45) is 0 Å². The molecule has 19 heavy (non-hydrogen) atoms. The van der Waals surface area contributed by atoms with Crippen LogP contribution in [0.3, 0.4) is 0 Å². The van der Waals surface area contributed by atoms with Gasteiger partial charge in [-0.2, -0.15) is 0 Å². The highest BCUT2D eigenvalue weighted by Gasteiger charge is 2.19. The number of carbonyl (C=O) groups is 1. The van der Waals surface area contributed by atoms with Crippen LogP contribution in [0.25, 0.3) is 0 Å². The van der Waals surface area contributed by atoms with Gasteiger partial charge in [0.15, 0.2) is 11.5 Å². The molecule has 0 amide bonds. The molecule has 102 valence electrons. The maximum absolute atomic E-state index is 11.1. The summed E-state index contributed by atoms with van der Waals surface area (Å²) in [6.07, 6.45) is 2.59. The Bertz CT molecular complexity index is 465.